The number of nitrogens with one attached hydrogen (secondary N) is 1. The van der Waals surface area contributed by atoms with E-state index in [9.17, 15) is 9.59 Å². The summed E-state index contributed by atoms with van der Waals surface area (Å²) >= 11 is 0. The second-order valence-corrected chi connectivity index (χ2v) is 7.96. The molecule has 7 nitrogen and oxygen atoms in total. The number of carbonyl (C=O) groups is 1. The number of ether oxygens (including phenoxy) is 1. The van der Waals surface area contributed by atoms with Gasteiger partial charge in [-0.15, -0.1) is 0 Å². The van der Waals surface area contributed by atoms with Crippen LogP contribution in [-0.2, 0) is 11.2 Å². The molecule has 0 aliphatic carbocycles. The van der Waals surface area contributed by atoms with E-state index in [1.54, 1.807) is 51.1 Å². The molecule has 0 saturated carbocycles. The highest BCUT2D eigenvalue weighted by atomic mass is 16.6. The van der Waals surface area contributed by atoms with Gasteiger partial charge in [0.2, 0.25) is 0 Å². The molecule has 0 radical (unpaired) electrons. The Morgan fingerprint density at radius 2 is 1.77 bits per heavy atom. The van der Waals surface area contributed by atoms with Crippen molar-refractivity contribution in [3.63, 3.8) is 0 Å². The molecular weight excluding hydrogens is 380 g/mol. The second-order valence-electron chi connectivity index (χ2n) is 7.96. The van der Waals surface area contributed by atoms with Crippen molar-refractivity contribution in [2.45, 2.75) is 32.8 Å². The van der Waals surface area contributed by atoms with E-state index in [0.29, 0.717) is 35.6 Å². The Balaban J connectivity index is 1.95. The summed E-state index contributed by atoms with van der Waals surface area (Å²) in [6.07, 6.45) is 0.0826. The number of nitrogen functional groups attached to an aromatic ring is 1. The summed E-state index contributed by atoms with van der Waals surface area (Å²) in [4.78, 5) is 26.7. The van der Waals surface area contributed by atoms with Gasteiger partial charge in [0, 0.05) is 12.2 Å². The van der Waals surface area contributed by atoms with Crippen LogP contribution in [0.1, 0.15) is 26.3 Å². The fourth-order valence-electron chi connectivity index (χ4n) is 2.91. The van der Waals surface area contributed by atoms with Gasteiger partial charge in [0.1, 0.15) is 5.60 Å². The quantitative estimate of drug-likeness (QED) is 0.624. The molecule has 7 heteroatoms. The van der Waals surface area contributed by atoms with E-state index in [4.69, 9.17) is 10.5 Å². The van der Waals surface area contributed by atoms with Crippen LogP contribution in [0.2, 0.25) is 0 Å². The SMILES string of the molecule is CC(C)(C)OC(=O)N(CCc1ccccc1)c1cc(-c2ccc(N)cc2)c(=O)[nH]n1. The van der Waals surface area contributed by atoms with Gasteiger partial charge >= 0.3 is 6.09 Å². The van der Waals surface area contributed by atoms with Crippen molar-refractivity contribution in [3.05, 3.63) is 76.6 Å². The van der Waals surface area contributed by atoms with Gasteiger partial charge in [-0.1, -0.05) is 42.5 Å². The molecule has 3 aromatic rings. The number of carbonyl (C=O) groups excluding carboxylic acids is 1. The standard InChI is InChI=1S/C23H26N4O3/c1-23(2,3)30-22(29)27(14-13-16-7-5-4-6-8-16)20-15-19(21(28)26-25-20)17-9-11-18(24)12-10-17/h4-12,15H,13-14,24H2,1-3H3,(H,26,28). The third kappa shape index (κ3) is 5.47. The molecule has 1 heterocycles. The summed E-state index contributed by atoms with van der Waals surface area (Å²) in [6, 6.07) is 18.4. The summed E-state index contributed by atoms with van der Waals surface area (Å²) in [5.74, 6) is 0.312. The third-order valence-electron chi connectivity index (χ3n) is 4.37. The minimum Gasteiger partial charge on any atom is -0.443 e. The highest BCUT2D eigenvalue weighted by Gasteiger charge is 2.25. The number of nitrogens with zero attached hydrogens (tertiary/aromatic N) is 2. The fraction of sp³-hybridized carbons (Fsp3) is 0.261. The zero-order chi connectivity index (χ0) is 21.7. The lowest BCUT2D eigenvalue weighted by Crippen LogP contribution is -2.39. The average molecular weight is 406 g/mol. The first-order valence-corrected chi connectivity index (χ1v) is 9.73. The predicted molar refractivity (Wildman–Crippen MR) is 118 cm³/mol. The Morgan fingerprint density at radius 1 is 1.10 bits per heavy atom. The van der Waals surface area contributed by atoms with Crippen LogP contribution >= 0.6 is 0 Å². The van der Waals surface area contributed by atoms with Gasteiger partial charge in [0.05, 0.1) is 5.56 Å². The van der Waals surface area contributed by atoms with Gasteiger partial charge in [-0.2, -0.15) is 5.10 Å². The van der Waals surface area contributed by atoms with Crippen molar-refractivity contribution in [1.29, 1.82) is 0 Å². The smallest absolute Gasteiger partial charge is 0.416 e. The molecule has 0 aliphatic rings. The molecule has 0 atom stereocenters. The summed E-state index contributed by atoms with van der Waals surface area (Å²) in [5, 5.41) is 6.60. The van der Waals surface area contributed by atoms with Crippen molar-refractivity contribution < 1.29 is 9.53 Å². The zero-order valence-corrected chi connectivity index (χ0v) is 17.4. The normalized spacial score (nSPS) is 11.2. The second kappa shape index (κ2) is 8.82. The molecule has 2 aromatic carbocycles. The van der Waals surface area contributed by atoms with Gasteiger partial charge in [-0.05, 0) is 56.5 Å². The lowest BCUT2D eigenvalue weighted by atomic mass is 10.1. The first-order chi connectivity index (χ1) is 14.2. The fourth-order valence-corrected chi connectivity index (χ4v) is 2.91. The molecule has 1 aromatic heterocycles. The Morgan fingerprint density at radius 3 is 2.40 bits per heavy atom. The monoisotopic (exact) mass is 406 g/mol. The van der Waals surface area contributed by atoms with Gasteiger partial charge in [-0.3, -0.25) is 9.69 Å². The van der Waals surface area contributed by atoms with Crippen molar-refractivity contribution >= 4 is 17.6 Å². The molecule has 156 valence electrons. The van der Waals surface area contributed by atoms with Gasteiger partial charge in [0.25, 0.3) is 5.56 Å². The molecule has 0 bridgehead atoms. The molecule has 3 rings (SSSR count). The van der Waals surface area contributed by atoms with Crippen LogP contribution in [0.5, 0.6) is 0 Å². The Labute approximate surface area is 175 Å². The number of hydrogen-bond donors (Lipinski definition) is 2. The Bertz CT molecular complexity index is 1050. The molecule has 0 aliphatic heterocycles. The van der Waals surface area contributed by atoms with Gasteiger partial charge in [0.15, 0.2) is 5.82 Å². The highest BCUT2D eigenvalue weighted by Crippen LogP contribution is 2.22. The van der Waals surface area contributed by atoms with Crippen LogP contribution in [0.15, 0.2) is 65.5 Å². The number of benzene rings is 2. The lowest BCUT2D eigenvalue weighted by molar-refractivity contribution is 0.0579. The van der Waals surface area contributed by atoms with E-state index >= 15 is 0 Å². The molecule has 0 spiro atoms. The minimum absolute atomic E-state index is 0.312. The van der Waals surface area contributed by atoms with Crippen LogP contribution in [-0.4, -0.2) is 28.4 Å². The molecule has 1 amide bonds. The van der Waals surface area contributed by atoms with Crippen LogP contribution < -0.4 is 16.2 Å². The summed E-state index contributed by atoms with van der Waals surface area (Å²) in [7, 11) is 0. The topological polar surface area (TPSA) is 101 Å². The number of rotatable bonds is 5. The maximum atomic E-state index is 12.9. The van der Waals surface area contributed by atoms with Crippen LogP contribution in [0.25, 0.3) is 11.1 Å². The number of hydrogen-bond acceptors (Lipinski definition) is 5. The molecule has 0 fully saturated rings. The molecule has 30 heavy (non-hydrogen) atoms. The molecule has 0 saturated heterocycles. The number of H-pyrrole nitrogens is 1. The maximum Gasteiger partial charge on any atom is 0.416 e. The van der Waals surface area contributed by atoms with E-state index in [1.807, 2.05) is 30.3 Å². The van der Waals surface area contributed by atoms with Crippen LogP contribution in [0, 0.1) is 0 Å². The van der Waals surface area contributed by atoms with Crippen molar-refractivity contribution in [1.82, 2.24) is 10.2 Å². The van der Waals surface area contributed by atoms with E-state index in [1.165, 1.54) is 4.90 Å². The van der Waals surface area contributed by atoms with E-state index < -0.39 is 11.7 Å². The van der Waals surface area contributed by atoms with Crippen molar-refractivity contribution in [2.24, 2.45) is 0 Å². The highest BCUT2D eigenvalue weighted by molar-refractivity contribution is 5.87. The van der Waals surface area contributed by atoms with Crippen LogP contribution in [0.3, 0.4) is 0 Å². The lowest BCUT2D eigenvalue weighted by Gasteiger charge is -2.26. The molecule has 0 unspecified atom stereocenters. The summed E-state index contributed by atoms with van der Waals surface area (Å²) < 4.78 is 5.57. The Kier molecular flexibility index (Phi) is 6.20. The van der Waals surface area contributed by atoms with Gasteiger partial charge < -0.3 is 10.5 Å². The van der Waals surface area contributed by atoms with E-state index in [-0.39, 0.29) is 5.56 Å². The van der Waals surface area contributed by atoms with Crippen molar-refractivity contribution in [2.75, 3.05) is 17.2 Å². The average Bonchev–Trinajstić information content (AvgIpc) is 2.69. The number of aromatic amines is 1. The minimum atomic E-state index is -0.663. The van der Waals surface area contributed by atoms with E-state index in [0.717, 1.165) is 5.56 Å². The largest absolute Gasteiger partial charge is 0.443 e. The molecule has 3 N–H and O–H groups in total. The maximum absolute atomic E-state index is 12.9. The number of aromatic nitrogens is 2. The number of amides is 1. The van der Waals surface area contributed by atoms with Gasteiger partial charge in [-0.25, -0.2) is 9.89 Å². The predicted octanol–water partition coefficient (Wildman–Crippen LogP) is 4.00. The summed E-state index contributed by atoms with van der Waals surface area (Å²) in [6.45, 7) is 5.76. The number of nitrogens with two attached hydrogens (primary N) is 1. The van der Waals surface area contributed by atoms with Crippen molar-refractivity contribution in [3.8, 4) is 11.1 Å². The third-order valence-corrected chi connectivity index (χ3v) is 4.37. The van der Waals surface area contributed by atoms with E-state index in [2.05, 4.69) is 10.2 Å². The Hall–Kier alpha value is -3.61. The molecular formula is C23H26N4O3. The van der Waals surface area contributed by atoms with Crippen LogP contribution in [0.4, 0.5) is 16.3 Å². The number of anilines is 2. The zero-order valence-electron chi connectivity index (χ0n) is 17.4. The first kappa shape index (κ1) is 21.1. The summed E-state index contributed by atoms with van der Waals surface area (Å²) in [5.41, 5.74) is 7.49. The first-order valence-electron chi connectivity index (χ1n) is 9.73.